The number of carbonyl (C=O) groups excluding carboxylic acids is 4. The molecular formula is C59H73N5O10S. The number of carbonyl (C=O) groups is 4. The van der Waals surface area contributed by atoms with Gasteiger partial charge in [0.25, 0.3) is 0 Å². The van der Waals surface area contributed by atoms with Gasteiger partial charge >= 0.3 is 0 Å². The summed E-state index contributed by atoms with van der Waals surface area (Å²) < 4.78 is 28.8. The molecule has 3 atom stereocenters. The molecule has 75 heavy (non-hydrogen) atoms. The molecule has 3 amide bonds. The number of hydrogen-bond donors (Lipinski definition) is 3. The van der Waals surface area contributed by atoms with E-state index in [2.05, 4.69) is 29.7 Å². The van der Waals surface area contributed by atoms with Crippen molar-refractivity contribution in [2.45, 2.75) is 83.3 Å². The second-order valence-corrected chi connectivity index (χ2v) is 19.8. The third-order valence-electron chi connectivity index (χ3n) is 13.8. The van der Waals surface area contributed by atoms with Gasteiger partial charge in [-0.25, -0.2) is 4.98 Å². The normalized spacial score (nSPS) is 15.9. The Balaban J connectivity index is 0.760. The smallest absolute Gasteiger partial charge is 0.248 e. The highest BCUT2D eigenvalue weighted by atomic mass is 32.1. The summed E-state index contributed by atoms with van der Waals surface area (Å²) >= 11 is 1.39. The molecule has 1 saturated carbocycles. The van der Waals surface area contributed by atoms with Gasteiger partial charge in [0, 0.05) is 24.5 Å². The Bertz CT molecular complexity index is 2640. The lowest BCUT2D eigenvalue weighted by molar-refractivity contribution is -0.139. The number of allylic oxidation sites excluding steroid dienone is 1. The lowest BCUT2D eigenvalue weighted by Crippen LogP contribution is -2.55. The molecule has 400 valence electrons. The predicted octanol–water partition coefficient (Wildman–Crippen LogP) is 8.75. The summed E-state index contributed by atoms with van der Waals surface area (Å²) in [6.45, 7) is 6.98. The Labute approximate surface area is 445 Å². The minimum absolute atomic E-state index is 0.0648. The molecule has 1 saturated heterocycles. The quantitative estimate of drug-likeness (QED) is 0.0247. The fourth-order valence-electron chi connectivity index (χ4n) is 9.52. The summed E-state index contributed by atoms with van der Waals surface area (Å²) in [5, 5.41) is 18.5. The number of phenols is 1. The number of benzene rings is 4. The maximum atomic E-state index is 14.2. The van der Waals surface area contributed by atoms with E-state index in [9.17, 15) is 24.3 Å². The summed E-state index contributed by atoms with van der Waals surface area (Å²) in [5.41, 5.74) is 6.24. The van der Waals surface area contributed by atoms with Crippen LogP contribution in [0.3, 0.4) is 0 Å². The highest BCUT2D eigenvalue weighted by Crippen LogP contribution is 2.38. The minimum Gasteiger partial charge on any atom is -0.508 e. The van der Waals surface area contributed by atoms with Crippen LogP contribution in [0, 0.1) is 5.92 Å². The van der Waals surface area contributed by atoms with E-state index < -0.39 is 12.1 Å². The van der Waals surface area contributed by atoms with E-state index in [0.29, 0.717) is 68.9 Å². The Morgan fingerprint density at radius 1 is 0.747 bits per heavy atom. The number of likely N-dealkylation sites (tertiary alicyclic amines) is 1. The molecule has 16 heteroatoms. The second kappa shape index (κ2) is 29.0. The first-order valence-electron chi connectivity index (χ1n) is 26.3. The lowest BCUT2D eigenvalue weighted by Gasteiger charge is -2.35. The zero-order chi connectivity index (χ0) is 52.9. The van der Waals surface area contributed by atoms with E-state index in [0.717, 1.165) is 78.6 Å². The van der Waals surface area contributed by atoms with Crippen molar-refractivity contribution in [2.24, 2.45) is 5.92 Å². The number of rotatable bonds is 28. The maximum Gasteiger partial charge on any atom is 0.248 e. The topological polar surface area (TPSA) is 178 Å². The maximum absolute atomic E-state index is 14.2. The molecule has 0 spiro atoms. The van der Waals surface area contributed by atoms with Crippen molar-refractivity contribution in [3.63, 3.8) is 0 Å². The molecule has 5 aromatic rings. The minimum atomic E-state index is -0.587. The molecule has 4 aromatic carbocycles. The molecule has 2 fully saturated rings. The van der Waals surface area contributed by atoms with Crippen molar-refractivity contribution >= 4 is 46.0 Å². The van der Waals surface area contributed by atoms with Crippen molar-refractivity contribution in [1.82, 2.24) is 25.4 Å². The van der Waals surface area contributed by atoms with Crippen LogP contribution in [0.1, 0.15) is 109 Å². The highest BCUT2D eigenvalue weighted by Gasteiger charge is 2.40. The molecule has 1 aliphatic carbocycles. The Kier molecular flexibility index (Phi) is 21.8. The fraction of sp³-hybridized carbons (Fsp3) is 0.441. The van der Waals surface area contributed by atoms with Crippen LogP contribution >= 0.6 is 11.3 Å². The Morgan fingerprint density at radius 3 is 2.09 bits per heavy atom. The van der Waals surface area contributed by atoms with Crippen LogP contribution in [0.5, 0.6) is 17.2 Å². The number of likely N-dealkylation sites (N-methyl/N-ethyl adjacent to an activating group) is 2. The van der Waals surface area contributed by atoms with Gasteiger partial charge in [-0.2, -0.15) is 0 Å². The molecule has 2 heterocycles. The van der Waals surface area contributed by atoms with Gasteiger partial charge in [-0.05, 0) is 116 Å². The van der Waals surface area contributed by atoms with Gasteiger partial charge in [0.2, 0.25) is 23.5 Å². The van der Waals surface area contributed by atoms with Crippen molar-refractivity contribution in [3.05, 3.63) is 141 Å². The molecule has 15 nitrogen and oxygen atoms in total. The number of nitrogens with one attached hydrogen (secondary N) is 2. The number of phenolic OH excluding ortho intramolecular Hbond substituents is 1. The van der Waals surface area contributed by atoms with Crippen LogP contribution in [0.4, 0.5) is 0 Å². The monoisotopic (exact) mass is 1040 g/mol. The third kappa shape index (κ3) is 16.0. The Morgan fingerprint density at radius 2 is 1.40 bits per heavy atom. The first-order valence-corrected chi connectivity index (χ1v) is 27.2. The molecule has 1 aliphatic heterocycles. The van der Waals surface area contributed by atoms with Gasteiger partial charge in [-0.1, -0.05) is 92.9 Å². The molecule has 1 aromatic heterocycles. The van der Waals surface area contributed by atoms with Crippen molar-refractivity contribution in [2.75, 3.05) is 80.0 Å². The number of thiazole rings is 1. The van der Waals surface area contributed by atoms with E-state index >= 15 is 0 Å². The Hall–Kier alpha value is -6.43. The average molecular weight is 1040 g/mol. The first kappa shape index (κ1) is 56.3. The van der Waals surface area contributed by atoms with Gasteiger partial charge in [-0.3, -0.25) is 19.2 Å². The van der Waals surface area contributed by atoms with Gasteiger partial charge < -0.3 is 49.2 Å². The number of aromatic nitrogens is 1. The second-order valence-electron chi connectivity index (χ2n) is 18.9. The van der Waals surface area contributed by atoms with E-state index in [-0.39, 0.29) is 61.0 Å². The molecule has 3 N–H and O–H groups in total. The average Bonchev–Trinajstić information content (AvgIpc) is 4.15. The summed E-state index contributed by atoms with van der Waals surface area (Å²) in [6.07, 6.45) is 7.45. The zero-order valence-electron chi connectivity index (χ0n) is 43.8. The van der Waals surface area contributed by atoms with Crippen molar-refractivity contribution in [3.8, 4) is 17.2 Å². The number of hydrogen-bond acceptors (Lipinski definition) is 13. The fourth-order valence-corrected chi connectivity index (χ4v) is 10.5. The van der Waals surface area contributed by atoms with Crippen LogP contribution in [0.25, 0.3) is 11.1 Å². The van der Waals surface area contributed by atoms with Crippen molar-refractivity contribution in [1.29, 1.82) is 0 Å². The molecule has 2 aliphatic rings. The number of aromatic hydroxyl groups is 1. The molecular weight excluding hydrogens is 971 g/mol. The van der Waals surface area contributed by atoms with Crippen LogP contribution in [-0.4, -0.2) is 136 Å². The SMILES string of the molecule is CCC(=C(c1ccc(O)cc1)c1ccc(OCCN(C)C(=O)COCCOCCOCCOc2cccc(C(=O)c3csc([C@@H]4CCCN4C(=O)[C@@H](NC(=O)[C@H](C)NC)C4CCCCC4)n3)c2)cc1)c1ccccc1. The number of amides is 3. The first-order chi connectivity index (χ1) is 36.5. The predicted molar refractivity (Wildman–Crippen MR) is 291 cm³/mol. The van der Waals surface area contributed by atoms with Crippen LogP contribution in [-0.2, 0) is 28.6 Å². The van der Waals surface area contributed by atoms with Crippen molar-refractivity contribution < 1.29 is 48.0 Å². The summed E-state index contributed by atoms with van der Waals surface area (Å²) in [5.74, 6) is 0.897. The molecule has 7 rings (SSSR count). The number of nitrogens with zero attached hydrogens (tertiary/aromatic N) is 3. The van der Waals surface area contributed by atoms with E-state index in [1.54, 1.807) is 67.7 Å². The van der Waals surface area contributed by atoms with E-state index in [1.807, 2.05) is 59.5 Å². The lowest BCUT2D eigenvalue weighted by atomic mass is 9.83. The van der Waals surface area contributed by atoms with Gasteiger partial charge in [0.1, 0.15) is 53.8 Å². The number of ketones is 1. The molecule has 0 unspecified atom stereocenters. The van der Waals surface area contributed by atoms with Gasteiger partial charge in [0.15, 0.2) is 0 Å². The summed E-state index contributed by atoms with van der Waals surface area (Å²) in [6, 6.07) is 31.3. The molecule has 0 radical (unpaired) electrons. The van der Waals surface area contributed by atoms with Crippen LogP contribution in [0.15, 0.2) is 109 Å². The van der Waals surface area contributed by atoms with Crippen LogP contribution < -0.4 is 20.1 Å². The van der Waals surface area contributed by atoms with E-state index in [4.69, 9.17) is 28.7 Å². The van der Waals surface area contributed by atoms with Crippen LogP contribution in [0.2, 0.25) is 0 Å². The van der Waals surface area contributed by atoms with E-state index in [1.165, 1.54) is 16.9 Å². The summed E-state index contributed by atoms with van der Waals surface area (Å²) in [7, 11) is 3.45. The van der Waals surface area contributed by atoms with Gasteiger partial charge in [0.05, 0.1) is 51.7 Å². The summed E-state index contributed by atoms with van der Waals surface area (Å²) in [4.78, 5) is 61.7. The zero-order valence-corrected chi connectivity index (χ0v) is 44.6. The largest absolute Gasteiger partial charge is 0.508 e. The van der Waals surface area contributed by atoms with Gasteiger partial charge in [-0.15, -0.1) is 11.3 Å². The molecule has 0 bridgehead atoms. The standard InChI is InChI=1S/C59H73N5O10S/c1-5-50(42-14-8-6-9-15-42)54(43-21-25-47(65)26-22-43)44-23-27-48(28-24-44)73-31-30-63(4)53(66)39-72-35-34-70-32-33-71-36-37-74-49-19-12-18-46(38-49)56(67)51-40-75-58(61-51)52-20-13-29-64(52)59(69)55(45-16-10-7-11-17-45)62-57(68)41(2)60-3/h6,8-9,12,14-15,18-19,21-28,38,40-41,45,52,55,60,65H,5,7,10-11,13,16-17,20,29-37,39H2,1-4H3,(H,62,68)/t41-,52-,55-/m0/s1. The highest BCUT2D eigenvalue weighted by molar-refractivity contribution is 7.10. The third-order valence-corrected chi connectivity index (χ3v) is 14.8. The number of ether oxygens (including phenoxy) is 5.